The summed E-state index contributed by atoms with van der Waals surface area (Å²) in [6, 6.07) is 8.02. The quantitative estimate of drug-likeness (QED) is 0.783. The Kier molecular flexibility index (Phi) is 4.03. The molecule has 13 heavy (non-hydrogen) atoms. The average Bonchev–Trinajstić information content (AvgIpc) is 2.08. The highest BCUT2D eigenvalue weighted by molar-refractivity contribution is 9.11. The molecule has 0 bridgehead atoms. The van der Waals surface area contributed by atoms with Crippen LogP contribution in [-0.2, 0) is 6.42 Å². The van der Waals surface area contributed by atoms with E-state index in [1.807, 2.05) is 25.1 Å². The first-order valence-corrected chi connectivity index (χ1v) is 5.07. The number of benzene rings is 1. The van der Waals surface area contributed by atoms with E-state index >= 15 is 0 Å². The minimum Gasteiger partial charge on any atom is -0.494 e. The van der Waals surface area contributed by atoms with Gasteiger partial charge in [-0.05, 0) is 23.0 Å². The Bertz CT molecular complexity index is 294. The Balaban J connectivity index is 2.84. The standard InChI is InChI=1S/C11H13BrO/c1-3-13-11-7-5-4-6-10(11)8-9(2)12/h4-7H,2-3,8H2,1H3. The van der Waals surface area contributed by atoms with Gasteiger partial charge < -0.3 is 4.74 Å². The summed E-state index contributed by atoms with van der Waals surface area (Å²) in [5.41, 5.74) is 1.17. The molecule has 0 saturated carbocycles. The number of rotatable bonds is 4. The molecule has 0 atom stereocenters. The van der Waals surface area contributed by atoms with E-state index in [1.165, 1.54) is 5.56 Å². The number of ether oxygens (including phenoxy) is 1. The van der Waals surface area contributed by atoms with Crippen LogP contribution in [0.1, 0.15) is 12.5 Å². The topological polar surface area (TPSA) is 9.23 Å². The van der Waals surface area contributed by atoms with Gasteiger partial charge in [0.2, 0.25) is 0 Å². The van der Waals surface area contributed by atoms with Gasteiger partial charge in [-0.15, -0.1) is 0 Å². The van der Waals surface area contributed by atoms with Crippen LogP contribution in [0.25, 0.3) is 0 Å². The number of hydrogen-bond acceptors (Lipinski definition) is 1. The van der Waals surface area contributed by atoms with Gasteiger partial charge in [-0.3, -0.25) is 0 Å². The van der Waals surface area contributed by atoms with Gasteiger partial charge in [0, 0.05) is 6.42 Å². The zero-order valence-electron chi connectivity index (χ0n) is 7.72. The van der Waals surface area contributed by atoms with Gasteiger partial charge in [0.05, 0.1) is 6.61 Å². The maximum atomic E-state index is 5.48. The van der Waals surface area contributed by atoms with Crippen LogP contribution in [0, 0.1) is 0 Å². The molecular formula is C11H13BrO. The van der Waals surface area contributed by atoms with Gasteiger partial charge in [-0.25, -0.2) is 0 Å². The maximum absolute atomic E-state index is 5.48. The van der Waals surface area contributed by atoms with Gasteiger partial charge >= 0.3 is 0 Å². The highest BCUT2D eigenvalue weighted by atomic mass is 79.9. The van der Waals surface area contributed by atoms with Crippen LogP contribution >= 0.6 is 15.9 Å². The second kappa shape index (κ2) is 5.07. The Morgan fingerprint density at radius 2 is 2.15 bits per heavy atom. The molecule has 1 rings (SSSR count). The predicted octanol–water partition coefficient (Wildman–Crippen LogP) is 3.54. The second-order valence-electron chi connectivity index (χ2n) is 2.73. The highest BCUT2D eigenvalue weighted by Gasteiger charge is 2.01. The van der Waals surface area contributed by atoms with Crippen LogP contribution in [0.4, 0.5) is 0 Å². The highest BCUT2D eigenvalue weighted by Crippen LogP contribution is 2.22. The van der Waals surface area contributed by atoms with Gasteiger partial charge in [0.25, 0.3) is 0 Å². The first-order chi connectivity index (χ1) is 6.24. The van der Waals surface area contributed by atoms with Crippen LogP contribution in [0.15, 0.2) is 35.3 Å². The van der Waals surface area contributed by atoms with Crippen molar-refractivity contribution in [2.24, 2.45) is 0 Å². The second-order valence-corrected chi connectivity index (χ2v) is 3.86. The molecule has 70 valence electrons. The molecule has 0 saturated heterocycles. The molecular weight excluding hydrogens is 228 g/mol. The van der Waals surface area contributed by atoms with Gasteiger partial charge in [0.15, 0.2) is 0 Å². The molecule has 1 nitrogen and oxygen atoms in total. The molecule has 0 aromatic heterocycles. The number of para-hydroxylation sites is 1. The summed E-state index contributed by atoms with van der Waals surface area (Å²) in [6.07, 6.45) is 0.816. The smallest absolute Gasteiger partial charge is 0.122 e. The molecule has 0 fully saturated rings. The van der Waals surface area contributed by atoms with Crippen LogP contribution in [0.2, 0.25) is 0 Å². The fourth-order valence-corrected chi connectivity index (χ4v) is 1.45. The van der Waals surface area contributed by atoms with Crippen molar-refractivity contribution >= 4 is 15.9 Å². The van der Waals surface area contributed by atoms with E-state index in [4.69, 9.17) is 4.74 Å². The van der Waals surface area contributed by atoms with Crippen molar-refractivity contribution in [1.29, 1.82) is 0 Å². The minimum atomic E-state index is 0.700. The van der Waals surface area contributed by atoms with Crippen molar-refractivity contribution in [1.82, 2.24) is 0 Å². The summed E-state index contributed by atoms with van der Waals surface area (Å²) < 4.78 is 6.45. The van der Waals surface area contributed by atoms with Crippen molar-refractivity contribution in [2.75, 3.05) is 6.61 Å². The molecule has 1 aromatic carbocycles. The van der Waals surface area contributed by atoms with Crippen LogP contribution in [0.3, 0.4) is 0 Å². The van der Waals surface area contributed by atoms with E-state index in [1.54, 1.807) is 0 Å². The van der Waals surface area contributed by atoms with Crippen molar-refractivity contribution < 1.29 is 4.74 Å². The van der Waals surface area contributed by atoms with E-state index in [9.17, 15) is 0 Å². The Hall–Kier alpha value is -0.760. The van der Waals surface area contributed by atoms with Crippen molar-refractivity contribution in [3.63, 3.8) is 0 Å². The lowest BCUT2D eigenvalue weighted by atomic mass is 10.1. The Morgan fingerprint density at radius 3 is 2.77 bits per heavy atom. The van der Waals surface area contributed by atoms with Crippen molar-refractivity contribution in [3.8, 4) is 5.75 Å². The normalized spacial score (nSPS) is 9.69. The molecule has 0 heterocycles. The summed E-state index contributed by atoms with van der Waals surface area (Å²) in [7, 11) is 0. The molecule has 0 spiro atoms. The zero-order valence-corrected chi connectivity index (χ0v) is 9.30. The third-order valence-corrected chi connectivity index (χ3v) is 1.94. The van der Waals surface area contributed by atoms with Crippen LogP contribution in [0.5, 0.6) is 5.75 Å². The summed E-state index contributed by atoms with van der Waals surface area (Å²) in [4.78, 5) is 0. The molecule has 0 aliphatic heterocycles. The summed E-state index contributed by atoms with van der Waals surface area (Å²) in [6.45, 7) is 6.50. The first-order valence-electron chi connectivity index (χ1n) is 4.28. The zero-order chi connectivity index (χ0) is 9.68. The number of halogens is 1. The average molecular weight is 241 g/mol. The molecule has 0 N–H and O–H groups in total. The van der Waals surface area contributed by atoms with E-state index in [0.29, 0.717) is 6.61 Å². The number of allylic oxidation sites excluding steroid dienone is 1. The SMILES string of the molecule is C=C(Br)Cc1ccccc1OCC. The molecule has 0 unspecified atom stereocenters. The monoisotopic (exact) mass is 240 g/mol. The molecule has 2 heteroatoms. The van der Waals surface area contributed by atoms with Gasteiger partial charge in [-0.2, -0.15) is 0 Å². The lowest BCUT2D eigenvalue weighted by molar-refractivity contribution is 0.337. The third kappa shape index (κ3) is 3.23. The summed E-state index contributed by atoms with van der Waals surface area (Å²) in [5.74, 6) is 0.950. The summed E-state index contributed by atoms with van der Waals surface area (Å²) >= 11 is 3.35. The fourth-order valence-electron chi connectivity index (χ4n) is 1.15. The van der Waals surface area contributed by atoms with Gasteiger partial charge in [-0.1, -0.05) is 40.7 Å². The summed E-state index contributed by atoms with van der Waals surface area (Å²) in [5, 5.41) is 0. The number of hydrogen-bond donors (Lipinski definition) is 0. The van der Waals surface area contributed by atoms with E-state index in [-0.39, 0.29) is 0 Å². The van der Waals surface area contributed by atoms with Gasteiger partial charge in [0.1, 0.15) is 5.75 Å². The van der Waals surface area contributed by atoms with E-state index < -0.39 is 0 Å². The predicted molar refractivity (Wildman–Crippen MR) is 59.4 cm³/mol. The lowest BCUT2D eigenvalue weighted by Gasteiger charge is -2.08. The maximum Gasteiger partial charge on any atom is 0.122 e. The largest absolute Gasteiger partial charge is 0.494 e. The lowest BCUT2D eigenvalue weighted by Crippen LogP contribution is -1.96. The first kappa shape index (κ1) is 10.3. The molecule has 0 radical (unpaired) electrons. The van der Waals surface area contributed by atoms with Crippen molar-refractivity contribution in [2.45, 2.75) is 13.3 Å². The molecule has 0 amide bonds. The Morgan fingerprint density at radius 1 is 1.46 bits per heavy atom. The van der Waals surface area contributed by atoms with Crippen LogP contribution in [-0.4, -0.2) is 6.61 Å². The fraction of sp³-hybridized carbons (Fsp3) is 0.273. The van der Waals surface area contributed by atoms with Crippen LogP contribution < -0.4 is 4.74 Å². The van der Waals surface area contributed by atoms with Crippen molar-refractivity contribution in [3.05, 3.63) is 40.9 Å². The van der Waals surface area contributed by atoms with E-state index in [0.717, 1.165) is 16.7 Å². The molecule has 0 aliphatic rings. The molecule has 1 aromatic rings. The van der Waals surface area contributed by atoms with E-state index in [2.05, 4.69) is 28.6 Å². The Labute approximate surface area is 87.5 Å². The molecule has 0 aliphatic carbocycles. The minimum absolute atomic E-state index is 0.700. The third-order valence-electron chi connectivity index (χ3n) is 1.65.